The van der Waals surface area contributed by atoms with Gasteiger partial charge in [0, 0.05) is 41.8 Å². The van der Waals surface area contributed by atoms with Gasteiger partial charge in [-0.25, -0.2) is 0 Å². The number of piperidine rings is 1. The highest BCUT2D eigenvalue weighted by Crippen LogP contribution is 2.35. The molecular formula is C28H35N3O4S. The lowest BCUT2D eigenvalue weighted by Gasteiger charge is -2.38. The molecule has 1 aliphatic rings. The van der Waals surface area contributed by atoms with Gasteiger partial charge in [0.1, 0.15) is 5.75 Å². The first-order valence-corrected chi connectivity index (χ1v) is 13.6. The lowest BCUT2D eigenvalue weighted by atomic mass is 9.79. The molecule has 1 fully saturated rings. The molecule has 0 saturated carbocycles. The molecule has 0 unspecified atom stereocenters. The molecule has 8 heteroatoms. The number of thioether (sulfide) groups is 1. The Labute approximate surface area is 216 Å². The van der Waals surface area contributed by atoms with Crippen LogP contribution in [-0.2, 0) is 4.79 Å². The molecule has 2 aromatic heterocycles. The SMILES string of the molecule is COc1ccc2nccc([C@@H](O)CC[C@@H]3CCN(CCCSc4ccncc4)C[C@@H]3CC(=O)O)c2c1. The van der Waals surface area contributed by atoms with Crippen LogP contribution in [0, 0.1) is 11.8 Å². The molecule has 0 spiro atoms. The van der Waals surface area contributed by atoms with Crippen molar-refractivity contribution >= 4 is 28.6 Å². The van der Waals surface area contributed by atoms with Crippen molar-refractivity contribution < 1.29 is 19.7 Å². The van der Waals surface area contributed by atoms with Crippen LogP contribution in [0.25, 0.3) is 10.9 Å². The van der Waals surface area contributed by atoms with Crippen molar-refractivity contribution in [2.75, 3.05) is 32.5 Å². The number of aliphatic hydroxyl groups is 1. The number of aromatic nitrogens is 2. The minimum atomic E-state index is -0.743. The van der Waals surface area contributed by atoms with E-state index in [2.05, 4.69) is 14.9 Å². The molecular weight excluding hydrogens is 474 g/mol. The Kier molecular flexibility index (Phi) is 9.55. The maximum atomic E-state index is 11.6. The summed E-state index contributed by atoms with van der Waals surface area (Å²) in [6, 6.07) is 11.6. The standard InChI is InChI=1S/C28H35N3O4S/c1-35-22-4-5-26-25(18-22)24(9-13-30-26)27(32)6-3-20-10-15-31(19-21(20)17-28(33)34)14-2-16-36-23-7-11-29-12-8-23/h4-5,7-9,11-13,18,20-21,27,32H,2-3,6,10,14-17,19H2,1H3,(H,33,34)/t20-,21+,27+/m1/s1. The van der Waals surface area contributed by atoms with Crippen LogP contribution in [0.15, 0.2) is 59.9 Å². The zero-order valence-corrected chi connectivity index (χ0v) is 21.6. The average Bonchev–Trinajstić information content (AvgIpc) is 2.90. The highest BCUT2D eigenvalue weighted by atomic mass is 32.2. The Morgan fingerprint density at radius 3 is 2.81 bits per heavy atom. The second-order valence-corrected chi connectivity index (χ2v) is 10.6. The summed E-state index contributed by atoms with van der Waals surface area (Å²) in [5.74, 6) is 1.42. The van der Waals surface area contributed by atoms with E-state index in [-0.39, 0.29) is 12.3 Å². The molecule has 0 aliphatic carbocycles. The molecule has 36 heavy (non-hydrogen) atoms. The van der Waals surface area contributed by atoms with Crippen molar-refractivity contribution in [2.45, 2.75) is 43.1 Å². The van der Waals surface area contributed by atoms with Crippen LogP contribution < -0.4 is 4.74 Å². The zero-order valence-electron chi connectivity index (χ0n) is 20.8. The van der Waals surface area contributed by atoms with Crippen LogP contribution in [0.5, 0.6) is 5.75 Å². The molecule has 4 rings (SSSR count). The van der Waals surface area contributed by atoms with Crippen molar-refractivity contribution in [1.29, 1.82) is 0 Å². The molecule has 1 saturated heterocycles. The zero-order chi connectivity index (χ0) is 25.3. The van der Waals surface area contributed by atoms with Gasteiger partial charge in [0.25, 0.3) is 0 Å². The van der Waals surface area contributed by atoms with E-state index >= 15 is 0 Å². The summed E-state index contributed by atoms with van der Waals surface area (Å²) < 4.78 is 5.36. The number of fused-ring (bicyclic) bond motifs is 1. The summed E-state index contributed by atoms with van der Waals surface area (Å²) in [6.45, 7) is 2.77. The summed E-state index contributed by atoms with van der Waals surface area (Å²) in [5.41, 5.74) is 1.67. The first-order chi connectivity index (χ1) is 17.5. The fourth-order valence-corrected chi connectivity index (χ4v) is 6.02. The number of rotatable bonds is 12. The van der Waals surface area contributed by atoms with E-state index in [1.54, 1.807) is 13.3 Å². The van der Waals surface area contributed by atoms with Crippen molar-refractivity contribution in [3.63, 3.8) is 0 Å². The molecule has 0 amide bonds. The molecule has 7 nitrogen and oxygen atoms in total. The number of hydrogen-bond acceptors (Lipinski definition) is 7. The molecule has 3 atom stereocenters. The number of benzene rings is 1. The Hall–Kier alpha value is -2.68. The molecule has 1 aromatic carbocycles. The number of nitrogens with zero attached hydrogens (tertiary/aromatic N) is 3. The molecule has 3 heterocycles. The third-order valence-corrected chi connectivity index (χ3v) is 8.20. The molecule has 3 aromatic rings. The number of methoxy groups -OCH3 is 1. The van der Waals surface area contributed by atoms with Crippen LogP contribution in [-0.4, -0.2) is 63.5 Å². The first kappa shape index (κ1) is 26.4. The predicted octanol–water partition coefficient (Wildman–Crippen LogP) is 5.05. The fraction of sp³-hybridized carbons (Fsp3) is 0.464. The third kappa shape index (κ3) is 7.18. The van der Waals surface area contributed by atoms with E-state index in [0.717, 1.165) is 66.9 Å². The Morgan fingerprint density at radius 2 is 2.03 bits per heavy atom. The van der Waals surface area contributed by atoms with Crippen molar-refractivity contribution in [2.24, 2.45) is 11.8 Å². The van der Waals surface area contributed by atoms with E-state index in [0.29, 0.717) is 12.3 Å². The first-order valence-electron chi connectivity index (χ1n) is 12.6. The van der Waals surface area contributed by atoms with Gasteiger partial charge in [-0.05, 0) is 98.3 Å². The summed E-state index contributed by atoms with van der Waals surface area (Å²) in [5, 5.41) is 21.5. The normalized spacial score (nSPS) is 19.3. The quantitative estimate of drug-likeness (QED) is 0.259. The smallest absolute Gasteiger partial charge is 0.303 e. The second-order valence-electron chi connectivity index (χ2n) is 9.47. The van der Waals surface area contributed by atoms with Gasteiger partial charge in [0.15, 0.2) is 0 Å². The summed E-state index contributed by atoms with van der Waals surface area (Å²) in [4.78, 5) is 23.7. The lowest BCUT2D eigenvalue weighted by molar-refractivity contribution is -0.139. The van der Waals surface area contributed by atoms with Gasteiger partial charge in [0.05, 0.1) is 18.7 Å². The van der Waals surface area contributed by atoms with Crippen LogP contribution in [0.2, 0.25) is 0 Å². The van der Waals surface area contributed by atoms with Gasteiger partial charge in [-0.2, -0.15) is 0 Å². The number of aliphatic hydroxyl groups excluding tert-OH is 1. The second kappa shape index (κ2) is 13.0. The van der Waals surface area contributed by atoms with Gasteiger partial charge in [-0.3, -0.25) is 14.8 Å². The minimum Gasteiger partial charge on any atom is -0.497 e. The topological polar surface area (TPSA) is 95.8 Å². The van der Waals surface area contributed by atoms with Crippen LogP contribution in [0.4, 0.5) is 0 Å². The van der Waals surface area contributed by atoms with Crippen LogP contribution in [0.3, 0.4) is 0 Å². The van der Waals surface area contributed by atoms with E-state index in [9.17, 15) is 15.0 Å². The van der Waals surface area contributed by atoms with Crippen molar-refractivity contribution in [1.82, 2.24) is 14.9 Å². The Balaban J connectivity index is 1.31. The predicted molar refractivity (Wildman–Crippen MR) is 142 cm³/mol. The maximum absolute atomic E-state index is 11.6. The molecule has 0 bridgehead atoms. The lowest BCUT2D eigenvalue weighted by Crippen LogP contribution is -2.42. The molecule has 0 radical (unpaired) electrons. The van der Waals surface area contributed by atoms with Gasteiger partial charge in [-0.1, -0.05) is 0 Å². The molecule has 1 aliphatic heterocycles. The summed E-state index contributed by atoms with van der Waals surface area (Å²) in [7, 11) is 1.63. The number of aliphatic carboxylic acids is 1. The van der Waals surface area contributed by atoms with E-state index in [1.165, 1.54) is 4.90 Å². The van der Waals surface area contributed by atoms with Crippen molar-refractivity contribution in [3.8, 4) is 5.75 Å². The number of pyridine rings is 2. The van der Waals surface area contributed by atoms with Gasteiger partial charge < -0.3 is 19.8 Å². The Morgan fingerprint density at radius 1 is 1.19 bits per heavy atom. The number of hydrogen-bond donors (Lipinski definition) is 2. The number of ether oxygens (including phenoxy) is 1. The number of carboxylic acid groups (broad SMARTS) is 1. The van der Waals surface area contributed by atoms with Gasteiger partial charge in [-0.15, -0.1) is 11.8 Å². The monoisotopic (exact) mass is 509 g/mol. The third-order valence-electron chi connectivity index (χ3n) is 7.10. The van der Waals surface area contributed by atoms with Gasteiger partial charge in [0.2, 0.25) is 0 Å². The van der Waals surface area contributed by atoms with E-state index in [4.69, 9.17) is 4.74 Å². The Bertz CT molecular complexity index is 1130. The minimum absolute atomic E-state index is 0.102. The summed E-state index contributed by atoms with van der Waals surface area (Å²) >= 11 is 1.83. The number of likely N-dealkylation sites (tertiary alicyclic amines) is 1. The average molecular weight is 510 g/mol. The van der Waals surface area contributed by atoms with Crippen LogP contribution in [0.1, 0.15) is 43.8 Å². The van der Waals surface area contributed by atoms with Crippen LogP contribution >= 0.6 is 11.8 Å². The molecule has 192 valence electrons. The highest BCUT2D eigenvalue weighted by molar-refractivity contribution is 7.99. The van der Waals surface area contributed by atoms with Gasteiger partial charge >= 0.3 is 5.97 Å². The van der Waals surface area contributed by atoms with Crippen molar-refractivity contribution in [3.05, 3.63) is 60.6 Å². The molecule has 2 N–H and O–H groups in total. The fourth-order valence-electron chi connectivity index (χ4n) is 5.20. The highest BCUT2D eigenvalue weighted by Gasteiger charge is 2.31. The maximum Gasteiger partial charge on any atom is 0.303 e. The van der Waals surface area contributed by atoms with E-state index in [1.807, 2.05) is 60.6 Å². The van der Waals surface area contributed by atoms with E-state index < -0.39 is 12.1 Å². The largest absolute Gasteiger partial charge is 0.497 e. The summed E-state index contributed by atoms with van der Waals surface area (Å²) in [6.07, 6.45) is 8.34. The number of carboxylic acids is 1. The number of carbonyl (C=O) groups is 1.